The Morgan fingerprint density at radius 3 is 2.46 bits per heavy atom. The second-order valence-corrected chi connectivity index (χ2v) is 11.2. The molecule has 0 aliphatic carbocycles. The van der Waals surface area contributed by atoms with Gasteiger partial charge in [-0.15, -0.1) is 0 Å². The van der Waals surface area contributed by atoms with E-state index in [0.717, 1.165) is 29.8 Å². The topological polar surface area (TPSA) is 107 Å². The average Bonchev–Trinajstić information content (AvgIpc) is 3.79. The highest BCUT2D eigenvalue weighted by molar-refractivity contribution is 6.10. The molecule has 8 nitrogen and oxygen atoms in total. The molecule has 0 unspecified atom stereocenters. The van der Waals surface area contributed by atoms with Crippen molar-refractivity contribution in [3.05, 3.63) is 106 Å². The summed E-state index contributed by atoms with van der Waals surface area (Å²) in [4.78, 5) is 31.1. The normalized spacial score (nSPS) is 12.8. The minimum atomic E-state index is -4.44. The second-order valence-electron chi connectivity index (χ2n) is 11.2. The Bertz CT molecular complexity index is 1880. The lowest BCUT2D eigenvalue weighted by Gasteiger charge is -2.16. The van der Waals surface area contributed by atoms with E-state index < -0.39 is 17.7 Å². The number of pyridine rings is 1. The molecule has 2 aromatic carbocycles. The lowest BCUT2D eigenvalue weighted by Crippen LogP contribution is -2.24. The first-order valence-electron chi connectivity index (χ1n) is 15.1. The maximum absolute atomic E-state index is 13.6. The quantitative estimate of drug-likeness (QED) is 0.165. The average molecular weight is 632 g/mol. The van der Waals surface area contributed by atoms with Gasteiger partial charge in [-0.1, -0.05) is 36.4 Å². The molecule has 11 heteroatoms. The van der Waals surface area contributed by atoms with E-state index in [4.69, 9.17) is 14.1 Å². The van der Waals surface area contributed by atoms with Gasteiger partial charge in [0.25, 0.3) is 0 Å². The molecule has 3 aromatic heterocycles. The summed E-state index contributed by atoms with van der Waals surface area (Å²) >= 11 is 0. The van der Waals surface area contributed by atoms with E-state index in [1.807, 2.05) is 4.57 Å². The van der Waals surface area contributed by atoms with E-state index in [2.05, 4.69) is 5.32 Å². The summed E-state index contributed by atoms with van der Waals surface area (Å²) in [6.07, 6.45) is -0.646. The van der Waals surface area contributed by atoms with E-state index in [1.54, 1.807) is 49.6 Å². The van der Waals surface area contributed by atoms with E-state index in [0.29, 0.717) is 58.4 Å². The number of hydrogen-bond donors (Lipinski definition) is 2. The molecule has 0 saturated carbocycles. The number of rotatable bonds is 10. The van der Waals surface area contributed by atoms with Crippen molar-refractivity contribution in [2.24, 2.45) is 0 Å². The number of amides is 1. The molecule has 46 heavy (non-hydrogen) atoms. The molecule has 0 saturated heterocycles. The molecular weight excluding hydrogens is 599 g/mol. The first kappa shape index (κ1) is 30.9. The summed E-state index contributed by atoms with van der Waals surface area (Å²) in [7, 11) is 0. The Morgan fingerprint density at radius 2 is 1.78 bits per heavy atom. The molecule has 238 valence electrons. The summed E-state index contributed by atoms with van der Waals surface area (Å²) in [5, 5.41) is 14.7. The Kier molecular flexibility index (Phi) is 8.57. The first-order chi connectivity index (χ1) is 22.1. The number of halogens is 3. The zero-order chi connectivity index (χ0) is 32.4. The molecule has 0 atom stereocenters. The number of ether oxygens (including phenoxy) is 1. The number of fused-ring (bicyclic) bond motifs is 3. The van der Waals surface area contributed by atoms with Crippen molar-refractivity contribution in [3.63, 3.8) is 0 Å². The van der Waals surface area contributed by atoms with Gasteiger partial charge in [-0.25, -0.2) is 9.78 Å². The van der Waals surface area contributed by atoms with Crippen LogP contribution in [0.25, 0.3) is 22.0 Å². The Labute approximate surface area is 262 Å². The first-order valence-corrected chi connectivity index (χ1v) is 15.1. The molecule has 5 aromatic rings. The molecule has 0 fully saturated rings. The van der Waals surface area contributed by atoms with Crippen LogP contribution >= 0.6 is 0 Å². The number of benzene rings is 2. The van der Waals surface area contributed by atoms with E-state index in [1.165, 1.54) is 12.1 Å². The molecule has 0 bridgehead atoms. The van der Waals surface area contributed by atoms with Crippen LogP contribution in [-0.2, 0) is 54.5 Å². The fourth-order valence-corrected chi connectivity index (χ4v) is 6.00. The highest BCUT2D eigenvalue weighted by Crippen LogP contribution is 2.44. The molecule has 0 spiro atoms. The van der Waals surface area contributed by atoms with Gasteiger partial charge < -0.3 is 24.1 Å². The van der Waals surface area contributed by atoms with Crippen molar-refractivity contribution in [2.75, 3.05) is 6.61 Å². The summed E-state index contributed by atoms with van der Waals surface area (Å²) in [5.74, 6) is -0.132. The van der Waals surface area contributed by atoms with Gasteiger partial charge in [-0.05, 0) is 73.6 Å². The highest BCUT2D eigenvalue weighted by atomic mass is 19.4. The summed E-state index contributed by atoms with van der Waals surface area (Å²) in [6.45, 7) is 2.69. The summed E-state index contributed by atoms with van der Waals surface area (Å²) in [6, 6.07) is 15.7. The number of aromatic nitrogens is 2. The molecular formula is C35H32F3N3O5. The van der Waals surface area contributed by atoms with Crippen molar-refractivity contribution in [2.45, 2.75) is 58.3 Å². The molecule has 2 N–H and O–H groups in total. The number of carbonyl (C=O) groups excluding carboxylic acids is 2. The fraction of sp³-hybridized carbons (Fsp3) is 0.286. The zero-order valence-corrected chi connectivity index (χ0v) is 25.1. The number of aromatic hydroxyl groups is 1. The number of nitrogens with one attached hydrogen (secondary N) is 1. The van der Waals surface area contributed by atoms with Gasteiger partial charge in [0, 0.05) is 17.8 Å². The minimum absolute atomic E-state index is 0.0196. The van der Waals surface area contributed by atoms with Crippen LogP contribution < -0.4 is 5.32 Å². The molecule has 4 heterocycles. The van der Waals surface area contributed by atoms with Crippen LogP contribution in [-0.4, -0.2) is 33.1 Å². The monoisotopic (exact) mass is 631 g/mol. The Hall–Kier alpha value is -5.06. The standard InChI is InChI=1S/C35H32F3N3O5/c1-2-45-34(44)30-26(16-11-21-9-14-24(15-10-21)35(36,37)38)40-32-27-6-3-17-41(27)33(43)31(32)29(30)23-12-7-22(8-13-23)19-28(42)39-20-25-5-4-18-46-25/h4-5,7-10,12-15,18,43H,2-3,6,11,16-17,19-20H2,1H3,(H,39,42). The Balaban J connectivity index is 1.38. The van der Waals surface area contributed by atoms with Crippen molar-refractivity contribution in [1.29, 1.82) is 0 Å². The largest absolute Gasteiger partial charge is 0.494 e. The van der Waals surface area contributed by atoms with Crippen molar-refractivity contribution < 1.29 is 37.0 Å². The van der Waals surface area contributed by atoms with Crippen molar-refractivity contribution >= 4 is 22.8 Å². The second kappa shape index (κ2) is 12.7. The van der Waals surface area contributed by atoms with Gasteiger partial charge in [0.15, 0.2) is 0 Å². The van der Waals surface area contributed by atoms with Crippen molar-refractivity contribution in [3.8, 4) is 17.0 Å². The molecule has 0 radical (unpaired) electrons. The van der Waals surface area contributed by atoms with Gasteiger partial charge in [0.2, 0.25) is 11.8 Å². The zero-order valence-electron chi connectivity index (χ0n) is 25.1. The van der Waals surface area contributed by atoms with Crippen LogP contribution in [0.2, 0.25) is 0 Å². The third kappa shape index (κ3) is 6.22. The highest BCUT2D eigenvalue weighted by Gasteiger charge is 2.32. The summed E-state index contributed by atoms with van der Waals surface area (Å²) in [5.41, 5.74) is 3.85. The van der Waals surface area contributed by atoms with Crippen LogP contribution in [0.4, 0.5) is 13.2 Å². The van der Waals surface area contributed by atoms with Crippen LogP contribution in [0.5, 0.6) is 5.88 Å². The van der Waals surface area contributed by atoms with Crippen LogP contribution in [0.1, 0.15) is 57.5 Å². The van der Waals surface area contributed by atoms with Gasteiger partial charge in [-0.2, -0.15) is 13.2 Å². The van der Waals surface area contributed by atoms with Gasteiger partial charge >= 0.3 is 12.1 Å². The maximum Gasteiger partial charge on any atom is 0.416 e. The SMILES string of the molecule is CCOC(=O)c1c(CCc2ccc(C(F)(F)F)cc2)nc2c3n(c(O)c2c1-c1ccc(CC(=O)NCc2ccco2)cc1)CCC3. The predicted octanol–water partition coefficient (Wildman–Crippen LogP) is 6.79. The number of esters is 1. The van der Waals surface area contributed by atoms with Gasteiger partial charge in [-0.3, -0.25) is 4.79 Å². The number of aryl methyl sites for hydroxylation is 3. The summed E-state index contributed by atoms with van der Waals surface area (Å²) < 4.78 is 51.9. The number of alkyl halides is 3. The molecule has 1 amide bonds. The van der Waals surface area contributed by atoms with E-state index >= 15 is 0 Å². The molecule has 1 aliphatic heterocycles. The number of hydrogen-bond acceptors (Lipinski definition) is 6. The lowest BCUT2D eigenvalue weighted by atomic mass is 9.92. The fourth-order valence-electron chi connectivity index (χ4n) is 6.00. The van der Waals surface area contributed by atoms with Crippen LogP contribution in [0.3, 0.4) is 0 Å². The molecule has 1 aliphatic rings. The van der Waals surface area contributed by atoms with E-state index in [9.17, 15) is 27.9 Å². The van der Waals surface area contributed by atoms with Crippen LogP contribution in [0.15, 0.2) is 71.3 Å². The van der Waals surface area contributed by atoms with Crippen LogP contribution in [0, 0.1) is 0 Å². The number of carbonyl (C=O) groups is 2. The molecule has 6 rings (SSSR count). The third-order valence-electron chi connectivity index (χ3n) is 8.20. The smallest absolute Gasteiger partial charge is 0.416 e. The lowest BCUT2D eigenvalue weighted by molar-refractivity contribution is -0.137. The predicted molar refractivity (Wildman–Crippen MR) is 164 cm³/mol. The number of nitrogens with zero attached hydrogens (tertiary/aromatic N) is 2. The van der Waals surface area contributed by atoms with E-state index in [-0.39, 0.29) is 43.3 Å². The Morgan fingerprint density at radius 1 is 1.04 bits per heavy atom. The van der Waals surface area contributed by atoms with Gasteiger partial charge in [0.1, 0.15) is 5.76 Å². The van der Waals surface area contributed by atoms with Crippen molar-refractivity contribution in [1.82, 2.24) is 14.9 Å². The number of furan rings is 1. The van der Waals surface area contributed by atoms with Gasteiger partial charge in [0.05, 0.1) is 53.6 Å². The minimum Gasteiger partial charge on any atom is -0.494 e. The third-order valence-corrected chi connectivity index (χ3v) is 8.20. The maximum atomic E-state index is 13.6.